The Labute approximate surface area is 548 Å². The molecule has 0 aliphatic heterocycles. The van der Waals surface area contributed by atoms with Crippen LogP contribution in [0, 0.1) is 11.8 Å². The molecular formula is C71H134O17P2. The molecule has 0 bridgehead atoms. The SMILES string of the molecule is CCCCCC/C=C\C=C/CCCCCCCC(=O)OC[C@H](COP(=O)(O)OC[C@@H](O)COP(=O)(O)OC[C@@H](COC(=O)CCCCCCCCCCC)OC(=O)CCCCCCCCC(C)CC)OC(=O)CCCCCCCCCCCCCCCC(C)C. The number of carbonyl (C=O) groups excluding carboxylic acids is 4. The number of carbonyl (C=O) groups is 4. The third-order valence-electron chi connectivity index (χ3n) is 16.2. The Hall–Kier alpha value is -2.46. The van der Waals surface area contributed by atoms with Gasteiger partial charge in [0, 0.05) is 25.7 Å². The minimum atomic E-state index is -4.96. The van der Waals surface area contributed by atoms with E-state index >= 15 is 0 Å². The van der Waals surface area contributed by atoms with E-state index in [0.717, 1.165) is 121 Å². The van der Waals surface area contributed by atoms with Crippen LogP contribution in [0.25, 0.3) is 0 Å². The lowest BCUT2D eigenvalue weighted by atomic mass is 10.00. The lowest BCUT2D eigenvalue weighted by Gasteiger charge is -2.21. The van der Waals surface area contributed by atoms with Crippen LogP contribution in [0.3, 0.4) is 0 Å². The average molecular weight is 1320 g/mol. The molecule has 0 aromatic carbocycles. The Kier molecular flexibility index (Phi) is 60.9. The summed E-state index contributed by atoms with van der Waals surface area (Å²) >= 11 is 0. The van der Waals surface area contributed by atoms with Crippen LogP contribution in [0.15, 0.2) is 24.3 Å². The summed E-state index contributed by atoms with van der Waals surface area (Å²) < 4.78 is 68.2. The van der Waals surface area contributed by atoms with Crippen molar-refractivity contribution < 1.29 is 80.2 Å². The van der Waals surface area contributed by atoms with E-state index in [2.05, 4.69) is 65.8 Å². The molecule has 17 nitrogen and oxygen atoms in total. The standard InChI is InChI=1S/C71H134O17P2/c1-7-10-12-14-16-18-19-20-21-24-27-31-35-42-48-54-69(74)82-59-66(87-70(75)55-49-43-36-32-28-25-22-23-26-30-33-39-45-51-63(4)5)61-85-89(77,78)83-57-65(72)58-84-90(79,80)86-62-67(60-81-68(73)53-47-41-34-29-17-15-13-11-8-2)88-71(76)56-50-44-38-37-40-46-52-64(6)9-3/h18-21,63-67,72H,7-17,22-62H2,1-6H3,(H,77,78)(H,79,80)/b19-18-,21-20-/t64?,65-,66-,67-/m1/s1. The van der Waals surface area contributed by atoms with E-state index in [1.165, 1.54) is 135 Å². The van der Waals surface area contributed by atoms with Gasteiger partial charge in [0.05, 0.1) is 26.4 Å². The van der Waals surface area contributed by atoms with Crippen molar-refractivity contribution in [3.05, 3.63) is 24.3 Å². The Morgan fingerprint density at radius 2 is 0.656 bits per heavy atom. The fourth-order valence-electron chi connectivity index (χ4n) is 10.2. The largest absolute Gasteiger partial charge is 0.472 e. The minimum Gasteiger partial charge on any atom is -0.462 e. The van der Waals surface area contributed by atoms with Crippen molar-refractivity contribution in [2.45, 2.75) is 355 Å². The zero-order valence-electron chi connectivity index (χ0n) is 57.9. The normalized spacial score (nSPS) is 14.6. The van der Waals surface area contributed by atoms with Gasteiger partial charge in [-0.05, 0) is 63.2 Å². The first-order chi connectivity index (χ1) is 43.4. The van der Waals surface area contributed by atoms with Gasteiger partial charge in [0.1, 0.15) is 19.3 Å². The second kappa shape index (κ2) is 62.6. The van der Waals surface area contributed by atoms with Crippen LogP contribution >= 0.6 is 15.6 Å². The predicted molar refractivity (Wildman–Crippen MR) is 363 cm³/mol. The summed E-state index contributed by atoms with van der Waals surface area (Å²) in [6, 6.07) is 0. The zero-order chi connectivity index (χ0) is 66.5. The quantitative estimate of drug-likeness (QED) is 0.0169. The first kappa shape index (κ1) is 87.5. The number of ether oxygens (including phenoxy) is 4. The van der Waals surface area contributed by atoms with Gasteiger partial charge in [0.2, 0.25) is 0 Å². The number of rotatable bonds is 68. The number of esters is 4. The highest BCUT2D eigenvalue weighted by atomic mass is 31.2. The van der Waals surface area contributed by atoms with Gasteiger partial charge in [-0.25, -0.2) is 9.13 Å². The van der Waals surface area contributed by atoms with E-state index in [0.29, 0.717) is 25.7 Å². The van der Waals surface area contributed by atoms with E-state index in [4.69, 9.17) is 37.0 Å². The molecule has 0 aliphatic carbocycles. The van der Waals surface area contributed by atoms with Crippen LogP contribution < -0.4 is 0 Å². The molecular weight excluding hydrogens is 1190 g/mol. The highest BCUT2D eigenvalue weighted by Crippen LogP contribution is 2.45. The maximum atomic E-state index is 13.0. The van der Waals surface area contributed by atoms with Crippen molar-refractivity contribution in [1.82, 2.24) is 0 Å². The number of unbranched alkanes of at least 4 members (excludes halogenated alkanes) is 34. The van der Waals surface area contributed by atoms with Gasteiger partial charge in [-0.15, -0.1) is 0 Å². The molecule has 19 heteroatoms. The van der Waals surface area contributed by atoms with Crippen molar-refractivity contribution in [2.75, 3.05) is 39.6 Å². The highest BCUT2D eigenvalue weighted by molar-refractivity contribution is 7.47. The number of hydrogen-bond donors (Lipinski definition) is 3. The number of phosphoric acid groups is 2. The number of hydrogen-bond acceptors (Lipinski definition) is 15. The maximum Gasteiger partial charge on any atom is 0.472 e. The summed E-state index contributed by atoms with van der Waals surface area (Å²) in [6.45, 7) is 9.43. The lowest BCUT2D eigenvalue weighted by molar-refractivity contribution is -0.161. The molecule has 3 N–H and O–H groups in total. The monoisotopic (exact) mass is 1320 g/mol. The van der Waals surface area contributed by atoms with Crippen LogP contribution in [-0.4, -0.2) is 96.7 Å². The third kappa shape index (κ3) is 63.0. The van der Waals surface area contributed by atoms with Gasteiger partial charge >= 0.3 is 39.5 Å². The molecule has 6 atom stereocenters. The molecule has 0 heterocycles. The highest BCUT2D eigenvalue weighted by Gasteiger charge is 2.30. The van der Waals surface area contributed by atoms with Crippen molar-refractivity contribution in [3.8, 4) is 0 Å². The molecule has 90 heavy (non-hydrogen) atoms. The zero-order valence-corrected chi connectivity index (χ0v) is 59.7. The molecule has 0 aromatic heterocycles. The Bertz CT molecular complexity index is 1850. The second-order valence-corrected chi connectivity index (χ2v) is 28.6. The lowest BCUT2D eigenvalue weighted by Crippen LogP contribution is -2.30. The number of aliphatic hydroxyl groups excluding tert-OH is 1. The minimum absolute atomic E-state index is 0.100. The average Bonchev–Trinajstić information content (AvgIpc) is 3.63. The Balaban J connectivity index is 5.27. The summed E-state index contributed by atoms with van der Waals surface area (Å²) in [5.41, 5.74) is 0. The van der Waals surface area contributed by atoms with E-state index in [-0.39, 0.29) is 25.7 Å². The van der Waals surface area contributed by atoms with Crippen LogP contribution in [0.5, 0.6) is 0 Å². The Morgan fingerprint density at radius 3 is 1.00 bits per heavy atom. The topological polar surface area (TPSA) is 237 Å². The van der Waals surface area contributed by atoms with Gasteiger partial charge in [-0.1, -0.05) is 284 Å². The van der Waals surface area contributed by atoms with E-state index in [1.807, 2.05) is 0 Å². The molecule has 0 aromatic rings. The number of aliphatic hydroxyl groups is 1. The molecule has 0 spiro atoms. The summed E-state index contributed by atoms with van der Waals surface area (Å²) in [6.07, 6.45) is 50.8. The van der Waals surface area contributed by atoms with E-state index in [1.54, 1.807) is 0 Å². The first-order valence-corrected chi connectivity index (χ1v) is 39.3. The van der Waals surface area contributed by atoms with Crippen LogP contribution in [-0.2, 0) is 65.4 Å². The van der Waals surface area contributed by atoms with Crippen LogP contribution in [0.2, 0.25) is 0 Å². The molecule has 3 unspecified atom stereocenters. The fourth-order valence-corrected chi connectivity index (χ4v) is 11.8. The Morgan fingerprint density at radius 1 is 0.367 bits per heavy atom. The van der Waals surface area contributed by atoms with E-state index in [9.17, 15) is 43.2 Å². The van der Waals surface area contributed by atoms with Gasteiger partial charge < -0.3 is 33.8 Å². The summed E-state index contributed by atoms with van der Waals surface area (Å²) in [7, 11) is -9.91. The van der Waals surface area contributed by atoms with Crippen molar-refractivity contribution >= 4 is 39.5 Å². The molecule has 0 amide bonds. The van der Waals surface area contributed by atoms with Gasteiger partial charge in [0.25, 0.3) is 0 Å². The molecule has 530 valence electrons. The molecule has 0 radical (unpaired) electrons. The number of phosphoric ester groups is 2. The third-order valence-corrected chi connectivity index (χ3v) is 18.1. The summed E-state index contributed by atoms with van der Waals surface area (Å²) in [5.74, 6) is -0.654. The van der Waals surface area contributed by atoms with Crippen molar-refractivity contribution in [3.63, 3.8) is 0 Å². The molecule has 0 rings (SSSR count). The van der Waals surface area contributed by atoms with Crippen LogP contribution in [0.1, 0.15) is 337 Å². The summed E-state index contributed by atoms with van der Waals surface area (Å²) in [4.78, 5) is 72.5. The van der Waals surface area contributed by atoms with Gasteiger partial charge in [0.15, 0.2) is 12.2 Å². The maximum absolute atomic E-state index is 13.0. The predicted octanol–water partition coefficient (Wildman–Crippen LogP) is 19.9. The smallest absolute Gasteiger partial charge is 0.462 e. The fraction of sp³-hybridized carbons (Fsp3) is 0.887. The molecule has 0 saturated heterocycles. The summed E-state index contributed by atoms with van der Waals surface area (Å²) in [5, 5.41) is 10.6. The first-order valence-electron chi connectivity index (χ1n) is 36.3. The molecule has 0 saturated carbocycles. The van der Waals surface area contributed by atoms with Crippen molar-refractivity contribution in [2.24, 2.45) is 11.8 Å². The van der Waals surface area contributed by atoms with Crippen molar-refractivity contribution in [1.29, 1.82) is 0 Å². The van der Waals surface area contributed by atoms with Crippen LogP contribution in [0.4, 0.5) is 0 Å². The number of allylic oxidation sites excluding steroid dienone is 4. The molecule has 0 aliphatic rings. The van der Waals surface area contributed by atoms with Gasteiger partial charge in [-0.2, -0.15) is 0 Å². The van der Waals surface area contributed by atoms with E-state index < -0.39 is 97.5 Å². The second-order valence-electron chi connectivity index (χ2n) is 25.7. The van der Waals surface area contributed by atoms with Gasteiger partial charge in [-0.3, -0.25) is 37.3 Å². The molecule has 0 fully saturated rings.